The van der Waals surface area contributed by atoms with Crippen molar-refractivity contribution in [2.45, 2.75) is 244 Å². The number of aldehydes is 1. The topological polar surface area (TPSA) is 39.9 Å². The fraction of sp³-hybridized carbons (Fsp3) is 0.707. The molecule has 0 aliphatic heterocycles. The highest BCUT2D eigenvalue weighted by molar-refractivity contribution is 5.88. The average molecular weight is 840 g/mol. The third kappa shape index (κ3) is 30.1. The van der Waals surface area contributed by atoms with Crippen molar-refractivity contribution < 1.29 is 14.3 Å². The summed E-state index contributed by atoms with van der Waals surface area (Å²) < 4.78 is 11.8. The first-order valence-electron chi connectivity index (χ1n) is 26.6. The molecule has 0 amide bonds. The number of benzene rings is 3. The van der Waals surface area contributed by atoms with E-state index in [2.05, 4.69) is 66.7 Å². The number of carbonyl (C=O) groups excluding carboxylic acids is 1. The van der Waals surface area contributed by atoms with E-state index >= 15 is 0 Å². The van der Waals surface area contributed by atoms with E-state index in [9.17, 15) is 0 Å². The molecule has 0 saturated carbocycles. The molecule has 3 rings (SSSR count). The lowest BCUT2D eigenvalue weighted by atomic mass is 10.0. The summed E-state index contributed by atoms with van der Waals surface area (Å²) in [5.74, 6) is 0.915. The van der Waals surface area contributed by atoms with E-state index in [1.54, 1.807) is 0 Å². The second-order valence-corrected chi connectivity index (χ2v) is 18.6. The van der Waals surface area contributed by atoms with Crippen LogP contribution in [0, 0.1) is 0 Å². The highest BCUT2D eigenvalue weighted by Crippen LogP contribution is 2.27. The van der Waals surface area contributed by atoms with Crippen molar-refractivity contribution in [2.75, 3.05) is 19.8 Å². The maximum Gasteiger partial charge on any atom is 0.281 e. The molecule has 0 fully saturated rings. The molecular formula is C58H95O3+. The Morgan fingerprint density at radius 3 is 1.08 bits per heavy atom. The van der Waals surface area contributed by atoms with Crippen LogP contribution in [-0.4, -0.2) is 30.9 Å². The summed E-state index contributed by atoms with van der Waals surface area (Å²) in [6, 6.07) is 23.5. The second-order valence-electron chi connectivity index (χ2n) is 18.6. The van der Waals surface area contributed by atoms with Crippen molar-refractivity contribution in [3.8, 4) is 16.9 Å². The average Bonchev–Trinajstić information content (AvgIpc) is 3.29. The number of hydrogen-bond donors (Lipinski definition) is 0. The van der Waals surface area contributed by atoms with Crippen molar-refractivity contribution in [1.29, 1.82) is 0 Å². The van der Waals surface area contributed by atoms with Crippen LogP contribution in [0.2, 0.25) is 0 Å². The Morgan fingerprint density at radius 1 is 0.311 bits per heavy atom. The largest absolute Gasteiger partial charge is 0.491 e. The van der Waals surface area contributed by atoms with Crippen LogP contribution in [-0.2, 0) is 4.74 Å². The zero-order chi connectivity index (χ0) is 42.8. The molecule has 0 saturated heterocycles. The third-order valence-corrected chi connectivity index (χ3v) is 13.0. The molecule has 61 heavy (non-hydrogen) atoms. The van der Waals surface area contributed by atoms with Crippen LogP contribution in [0.4, 0.5) is 0 Å². The Labute approximate surface area is 377 Å². The van der Waals surface area contributed by atoms with E-state index in [4.69, 9.17) is 14.3 Å². The fourth-order valence-corrected chi connectivity index (χ4v) is 9.07. The van der Waals surface area contributed by atoms with E-state index in [-0.39, 0.29) is 0 Å². The molecule has 0 atom stereocenters. The Bertz CT molecular complexity index is 1380. The zero-order valence-corrected chi connectivity index (χ0v) is 39.7. The minimum Gasteiger partial charge on any atom is -0.491 e. The molecule has 0 heterocycles. The van der Waals surface area contributed by atoms with Gasteiger partial charge in [-0.2, -0.15) is 0 Å². The molecule has 0 bridgehead atoms. The summed E-state index contributed by atoms with van der Waals surface area (Å²) in [4.78, 5) is 8.70. The smallest absolute Gasteiger partial charge is 0.281 e. The monoisotopic (exact) mass is 840 g/mol. The Kier molecular flexibility index (Phi) is 34.7. The summed E-state index contributed by atoms with van der Waals surface area (Å²) in [5, 5.41) is 2.44. The van der Waals surface area contributed by atoms with Crippen molar-refractivity contribution in [1.82, 2.24) is 0 Å². The van der Waals surface area contributed by atoms with E-state index < -0.39 is 0 Å². The second kappa shape index (κ2) is 40.1. The normalized spacial score (nSPS) is 11.5. The van der Waals surface area contributed by atoms with Gasteiger partial charge in [-0.15, -0.1) is 0 Å². The summed E-state index contributed by atoms with van der Waals surface area (Å²) in [6.45, 7) is 2.10. The lowest BCUT2D eigenvalue weighted by Gasteiger charge is -2.09. The minimum absolute atomic E-state index is 0.602. The highest BCUT2D eigenvalue weighted by atomic mass is 16.5. The van der Waals surface area contributed by atoms with Gasteiger partial charge >= 0.3 is 0 Å². The first-order valence-corrected chi connectivity index (χ1v) is 26.6. The Balaban J connectivity index is 0.919. The van der Waals surface area contributed by atoms with Gasteiger partial charge in [0.25, 0.3) is 6.29 Å². The lowest BCUT2D eigenvalue weighted by Crippen LogP contribution is -2.07. The fourth-order valence-electron chi connectivity index (χ4n) is 9.07. The van der Waals surface area contributed by atoms with E-state index in [1.807, 2.05) is 0 Å². The van der Waals surface area contributed by atoms with Gasteiger partial charge in [-0.3, -0.25) is 4.79 Å². The first kappa shape index (κ1) is 52.7. The van der Waals surface area contributed by atoms with Gasteiger partial charge in [0.05, 0.1) is 13.0 Å². The number of rotatable bonds is 45. The van der Waals surface area contributed by atoms with Crippen LogP contribution < -0.4 is 4.74 Å². The molecule has 0 radical (unpaired) electrons. The summed E-state index contributed by atoms with van der Waals surface area (Å²) in [6.07, 6.45) is 54.8. The predicted octanol–water partition coefficient (Wildman–Crippen LogP) is 18.9. The molecule has 0 spiro atoms. The molecular weight excluding hydrogens is 745 g/mol. The van der Waals surface area contributed by atoms with Gasteiger partial charge in [0, 0.05) is 6.61 Å². The van der Waals surface area contributed by atoms with Gasteiger partial charge in [-0.25, -0.2) is 0 Å². The molecule has 3 heteroatoms. The van der Waals surface area contributed by atoms with Crippen molar-refractivity contribution in [2.24, 2.45) is 0 Å². The van der Waals surface area contributed by atoms with Crippen LogP contribution >= 0.6 is 0 Å². The number of fused-ring (bicyclic) bond motifs is 1. The number of ether oxygens (including phenoxy) is 2. The SMILES string of the molecule is [OH+]=CCCCCCCCCCCCCCCCCCCCCCCCCCCCCCCCCCCCCCCCOCCOc1ccc2cc(-c3ccccc3)ccc2c1. The number of unbranched alkanes of at least 4 members (excludes halogenated alkanes) is 37. The maximum atomic E-state index is 8.70. The first-order chi connectivity index (χ1) is 30.4. The zero-order valence-electron chi connectivity index (χ0n) is 39.7. The van der Waals surface area contributed by atoms with Crippen molar-refractivity contribution in [3.05, 3.63) is 66.7 Å². The molecule has 0 aliphatic carbocycles. The Hall–Kier alpha value is -2.65. The minimum atomic E-state index is 0.602. The summed E-state index contributed by atoms with van der Waals surface area (Å²) in [5.41, 5.74) is 2.49. The number of hydrogen-bond acceptors (Lipinski definition) is 2. The van der Waals surface area contributed by atoms with Crippen LogP contribution in [0.3, 0.4) is 0 Å². The van der Waals surface area contributed by atoms with Gasteiger partial charge in [-0.05, 0) is 52.9 Å². The van der Waals surface area contributed by atoms with Crippen molar-refractivity contribution in [3.63, 3.8) is 0 Å². The van der Waals surface area contributed by atoms with Gasteiger partial charge in [0.2, 0.25) is 0 Å². The molecule has 1 N–H and O–H groups in total. The van der Waals surface area contributed by atoms with Crippen LogP contribution in [0.5, 0.6) is 5.75 Å². The summed E-state index contributed by atoms with van der Waals surface area (Å²) >= 11 is 0. The van der Waals surface area contributed by atoms with E-state index in [1.165, 1.54) is 253 Å². The standard InChI is InChI=1S/C58H94O3/c59-48-40-35-33-31-29-27-25-23-21-19-17-15-13-11-9-7-5-3-1-2-4-6-8-10-12-14-16-18-20-22-24-26-28-30-32-34-36-41-49-60-50-51-61-58-47-46-56-52-55(44-45-57(56)53-58)54-42-38-37-39-43-54/h37-39,42-48,52-53H,1-36,40-41,49-51H2/p+1. The van der Waals surface area contributed by atoms with Crippen LogP contribution in [0.1, 0.15) is 244 Å². The predicted molar refractivity (Wildman–Crippen MR) is 269 cm³/mol. The van der Waals surface area contributed by atoms with E-state index in [0.29, 0.717) is 13.2 Å². The van der Waals surface area contributed by atoms with Gasteiger partial charge in [0.1, 0.15) is 12.4 Å². The van der Waals surface area contributed by atoms with Gasteiger partial charge < -0.3 is 9.47 Å². The van der Waals surface area contributed by atoms with Crippen LogP contribution in [0.25, 0.3) is 21.9 Å². The third-order valence-electron chi connectivity index (χ3n) is 13.0. The molecule has 0 unspecified atom stereocenters. The van der Waals surface area contributed by atoms with Gasteiger partial charge in [0.15, 0.2) is 0 Å². The summed E-state index contributed by atoms with van der Waals surface area (Å²) in [7, 11) is 0. The molecule has 0 aliphatic rings. The molecule has 3 nitrogen and oxygen atoms in total. The molecule has 3 aromatic rings. The highest BCUT2D eigenvalue weighted by Gasteiger charge is 2.03. The van der Waals surface area contributed by atoms with E-state index in [0.717, 1.165) is 31.6 Å². The maximum absolute atomic E-state index is 8.70. The van der Waals surface area contributed by atoms with Crippen LogP contribution in [0.15, 0.2) is 66.7 Å². The van der Waals surface area contributed by atoms with Gasteiger partial charge in [-0.1, -0.05) is 273 Å². The molecule has 0 aromatic heterocycles. The van der Waals surface area contributed by atoms with Crippen molar-refractivity contribution >= 4 is 17.1 Å². The lowest BCUT2D eigenvalue weighted by molar-refractivity contribution is 0.0971. The quantitative estimate of drug-likeness (QED) is 0.0323. The molecule has 344 valence electrons. The molecule has 3 aromatic carbocycles. The Morgan fingerprint density at radius 2 is 0.672 bits per heavy atom.